The molecule has 150 valence electrons. The Morgan fingerprint density at radius 3 is 2.48 bits per heavy atom. The Morgan fingerprint density at radius 2 is 1.85 bits per heavy atom. The number of carbonyl (C=O) groups excluding carboxylic acids is 2. The number of alkyl carbamates (subject to hydrolysis) is 1. The zero-order chi connectivity index (χ0) is 19.7. The number of rotatable bonds is 7. The Balaban J connectivity index is 1.56. The summed E-state index contributed by atoms with van der Waals surface area (Å²) in [5.74, 6) is 2.05. The van der Waals surface area contributed by atoms with Gasteiger partial charge in [0.1, 0.15) is 5.60 Å². The van der Waals surface area contributed by atoms with E-state index in [4.69, 9.17) is 4.74 Å². The summed E-state index contributed by atoms with van der Waals surface area (Å²) < 4.78 is 5.18. The van der Waals surface area contributed by atoms with Crippen LogP contribution in [-0.4, -0.2) is 53.6 Å². The van der Waals surface area contributed by atoms with Gasteiger partial charge >= 0.3 is 6.09 Å². The molecule has 1 aliphatic rings. The maximum Gasteiger partial charge on any atom is 0.407 e. The molecule has 1 aromatic rings. The molecule has 0 bridgehead atoms. The topological polar surface area (TPSA) is 58.6 Å². The zero-order valence-electron chi connectivity index (χ0n) is 16.7. The van der Waals surface area contributed by atoms with Crippen molar-refractivity contribution in [3.8, 4) is 0 Å². The minimum absolute atomic E-state index is 0.204. The number of hydrogen-bond acceptors (Lipinski definition) is 4. The highest BCUT2D eigenvalue weighted by Crippen LogP contribution is 2.22. The second-order valence-corrected chi connectivity index (χ2v) is 9.10. The molecule has 0 aliphatic carbocycles. The maximum atomic E-state index is 12.3. The molecule has 1 fully saturated rings. The van der Waals surface area contributed by atoms with Gasteiger partial charge in [0, 0.05) is 25.4 Å². The van der Waals surface area contributed by atoms with Crippen LogP contribution in [-0.2, 0) is 16.0 Å². The maximum absolute atomic E-state index is 12.3. The van der Waals surface area contributed by atoms with Crippen LogP contribution in [0.25, 0.3) is 0 Å². The molecular weight excluding hydrogens is 360 g/mol. The van der Waals surface area contributed by atoms with Crippen LogP contribution in [0.4, 0.5) is 4.79 Å². The van der Waals surface area contributed by atoms with E-state index < -0.39 is 11.7 Å². The van der Waals surface area contributed by atoms with Crippen molar-refractivity contribution in [1.82, 2.24) is 10.2 Å². The molecule has 1 aromatic carbocycles. The number of amides is 2. The molecule has 1 heterocycles. The fraction of sp³-hybridized carbons (Fsp3) is 0.619. The van der Waals surface area contributed by atoms with E-state index in [0.717, 1.165) is 32.4 Å². The highest BCUT2D eigenvalue weighted by molar-refractivity contribution is 7.99. The smallest absolute Gasteiger partial charge is 0.407 e. The third-order valence-electron chi connectivity index (χ3n) is 4.47. The SMILES string of the molecule is CC(C)(C)OC(=O)NCCSCC(=O)N1CCC(Cc2ccccc2)CC1. The third kappa shape index (κ3) is 8.69. The molecule has 0 spiro atoms. The minimum Gasteiger partial charge on any atom is -0.444 e. The minimum atomic E-state index is -0.486. The highest BCUT2D eigenvalue weighted by Gasteiger charge is 2.22. The Labute approximate surface area is 167 Å². The largest absolute Gasteiger partial charge is 0.444 e. The van der Waals surface area contributed by atoms with Crippen LogP contribution in [0.3, 0.4) is 0 Å². The van der Waals surface area contributed by atoms with Gasteiger partial charge in [-0.2, -0.15) is 11.8 Å². The number of benzene rings is 1. The lowest BCUT2D eigenvalue weighted by atomic mass is 9.90. The molecule has 5 nitrogen and oxygen atoms in total. The summed E-state index contributed by atoms with van der Waals surface area (Å²) in [5.41, 5.74) is 0.898. The summed E-state index contributed by atoms with van der Waals surface area (Å²) in [5, 5.41) is 2.71. The van der Waals surface area contributed by atoms with Gasteiger partial charge in [0.05, 0.1) is 5.75 Å². The summed E-state index contributed by atoms with van der Waals surface area (Å²) in [6.45, 7) is 7.72. The number of carbonyl (C=O) groups is 2. The van der Waals surface area contributed by atoms with Crippen LogP contribution < -0.4 is 5.32 Å². The molecule has 2 amide bonds. The van der Waals surface area contributed by atoms with Gasteiger partial charge in [0.15, 0.2) is 0 Å². The number of likely N-dealkylation sites (tertiary alicyclic amines) is 1. The molecule has 1 saturated heterocycles. The number of nitrogens with zero attached hydrogens (tertiary/aromatic N) is 1. The molecule has 1 aliphatic heterocycles. The Morgan fingerprint density at radius 1 is 1.19 bits per heavy atom. The zero-order valence-corrected chi connectivity index (χ0v) is 17.5. The van der Waals surface area contributed by atoms with Gasteiger partial charge in [-0.3, -0.25) is 4.79 Å². The van der Waals surface area contributed by atoms with Crippen molar-refractivity contribution in [3.05, 3.63) is 35.9 Å². The first-order chi connectivity index (χ1) is 12.8. The summed E-state index contributed by atoms with van der Waals surface area (Å²) >= 11 is 1.56. The monoisotopic (exact) mass is 392 g/mol. The summed E-state index contributed by atoms with van der Waals surface area (Å²) in [6, 6.07) is 10.6. The highest BCUT2D eigenvalue weighted by atomic mass is 32.2. The Hall–Kier alpha value is -1.69. The van der Waals surface area contributed by atoms with Crippen molar-refractivity contribution in [2.75, 3.05) is 31.1 Å². The van der Waals surface area contributed by atoms with Gasteiger partial charge < -0.3 is 15.0 Å². The van der Waals surface area contributed by atoms with Crippen LogP contribution in [0.1, 0.15) is 39.2 Å². The molecule has 0 saturated carbocycles. The number of thioether (sulfide) groups is 1. The lowest BCUT2D eigenvalue weighted by molar-refractivity contribution is -0.129. The normalized spacial score (nSPS) is 15.4. The average Bonchev–Trinajstić information content (AvgIpc) is 2.61. The van der Waals surface area contributed by atoms with E-state index >= 15 is 0 Å². The van der Waals surface area contributed by atoms with Crippen molar-refractivity contribution >= 4 is 23.8 Å². The van der Waals surface area contributed by atoms with E-state index in [1.165, 1.54) is 5.56 Å². The average molecular weight is 393 g/mol. The molecule has 1 N–H and O–H groups in total. The Kier molecular flexibility index (Phi) is 8.48. The van der Waals surface area contributed by atoms with E-state index in [2.05, 4.69) is 29.6 Å². The van der Waals surface area contributed by atoms with Crippen molar-refractivity contribution in [3.63, 3.8) is 0 Å². The molecule has 0 atom stereocenters. The van der Waals surface area contributed by atoms with Gasteiger partial charge in [-0.15, -0.1) is 0 Å². The molecule has 0 radical (unpaired) electrons. The Bertz CT molecular complexity index is 593. The number of nitrogens with one attached hydrogen (secondary N) is 1. The van der Waals surface area contributed by atoms with Gasteiger partial charge in [-0.05, 0) is 51.5 Å². The second-order valence-electron chi connectivity index (χ2n) is 8.00. The molecule has 27 heavy (non-hydrogen) atoms. The summed E-state index contributed by atoms with van der Waals surface area (Å²) in [6.07, 6.45) is 2.85. The summed E-state index contributed by atoms with van der Waals surface area (Å²) in [7, 11) is 0. The second kappa shape index (κ2) is 10.6. The van der Waals surface area contributed by atoms with Gasteiger partial charge in [-0.1, -0.05) is 30.3 Å². The van der Waals surface area contributed by atoms with Crippen LogP contribution in [0.15, 0.2) is 30.3 Å². The van der Waals surface area contributed by atoms with Gasteiger partial charge in [-0.25, -0.2) is 4.79 Å². The first-order valence-electron chi connectivity index (χ1n) is 9.70. The third-order valence-corrected chi connectivity index (χ3v) is 5.42. The van der Waals surface area contributed by atoms with Crippen molar-refractivity contribution in [2.24, 2.45) is 5.92 Å². The lowest BCUT2D eigenvalue weighted by Crippen LogP contribution is -2.40. The quantitative estimate of drug-likeness (QED) is 0.719. The molecule has 2 rings (SSSR count). The van der Waals surface area contributed by atoms with Crippen molar-refractivity contribution < 1.29 is 14.3 Å². The first-order valence-corrected chi connectivity index (χ1v) is 10.9. The molecular formula is C21H32N2O3S. The number of ether oxygens (including phenoxy) is 1. The fourth-order valence-electron chi connectivity index (χ4n) is 3.12. The first kappa shape index (κ1) is 21.6. The van der Waals surface area contributed by atoms with E-state index in [1.807, 2.05) is 31.7 Å². The molecule has 0 aromatic heterocycles. The summed E-state index contributed by atoms with van der Waals surface area (Å²) in [4.78, 5) is 25.9. The fourth-order valence-corrected chi connectivity index (χ4v) is 3.87. The number of piperidine rings is 1. The predicted octanol–water partition coefficient (Wildman–Crippen LogP) is 3.73. The van der Waals surface area contributed by atoms with E-state index in [-0.39, 0.29) is 5.91 Å². The van der Waals surface area contributed by atoms with Crippen molar-refractivity contribution in [2.45, 2.75) is 45.6 Å². The van der Waals surface area contributed by atoms with Gasteiger partial charge in [0.25, 0.3) is 0 Å². The molecule has 6 heteroatoms. The van der Waals surface area contributed by atoms with Crippen LogP contribution >= 0.6 is 11.8 Å². The number of hydrogen-bond donors (Lipinski definition) is 1. The lowest BCUT2D eigenvalue weighted by Gasteiger charge is -2.32. The van der Waals surface area contributed by atoms with Crippen LogP contribution in [0.5, 0.6) is 0 Å². The standard InChI is InChI=1S/C21H32N2O3S/c1-21(2,3)26-20(25)22-11-14-27-16-19(24)23-12-9-18(10-13-23)15-17-7-5-4-6-8-17/h4-8,18H,9-16H2,1-3H3,(H,22,25). The van der Waals surface area contributed by atoms with Gasteiger partial charge in [0.2, 0.25) is 5.91 Å². The predicted molar refractivity (Wildman–Crippen MR) is 111 cm³/mol. The van der Waals surface area contributed by atoms with E-state index in [0.29, 0.717) is 24.0 Å². The van der Waals surface area contributed by atoms with Crippen molar-refractivity contribution in [1.29, 1.82) is 0 Å². The van der Waals surface area contributed by atoms with Crippen LogP contribution in [0, 0.1) is 5.92 Å². The molecule has 0 unspecified atom stereocenters. The van der Waals surface area contributed by atoms with Crippen LogP contribution in [0.2, 0.25) is 0 Å². The van der Waals surface area contributed by atoms with E-state index in [1.54, 1.807) is 11.8 Å². The van der Waals surface area contributed by atoms with E-state index in [9.17, 15) is 9.59 Å².